The summed E-state index contributed by atoms with van der Waals surface area (Å²) in [6, 6.07) is 2.57. The van der Waals surface area contributed by atoms with Crippen LogP contribution in [-0.4, -0.2) is 44.3 Å². The molecule has 0 aliphatic carbocycles. The maximum absolute atomic E-state index is 5.62. The summed E-state index contributed by atoms with van der Waals surface area (Å²) in [5.41, 5.74) is 1.28. The van der Waals surface area contributed by atoms with Crippen molar-refractivity contribution in [3.8, 4) is 0 Å². The van der Waals surface area contributed by atoms with Crippen LogP contribution in [0.3, 0.4) is 0 Å². The second-order valence-corrected chi connectivity index (χ2v) is 5.56. The Morgan fingerprint density at radius 3 is 2.95 bits per heavy atom. The Morgan fingerprint density at radius 2 is 2.26 bits per heavy atom. The highest BCUT2D eigenvalue weighted by atomic mass is 16.5. The van der Waals surface area contributed by atoms with Gasteiger partial charge in [0.15, 0.2) is 0 Å². The van der Waals surface area contributed by atoms with E-state index in [9.17, 15) is 0 Å². The highest BCUT2D eigenvalue weighted by Gasteiger charge is 2.28. The minimum atomic E-state index is 0.507. The monoisotopic (exact) mass is 266 g/mol. The van der Waals surface area contributed by atoms with Gasteiger partial charge >= 0.3 is 0 Å². The first-order chi connectivity index (χ1) is 9.20. The SMILES string of the molecule is CCCNC1COCC1CN(C)Cc1ccoc1C. The molecule has 4 heteroatoms. The first kappa shape index (κ1) is 14.6. The third-order valence-electron chi connectivity index (χ3n) is 3.81. The molecule has 1 aromatic heterocycles. The van der Waals surface area contributed by atoms with Crippen LogP contribution in [0.4, 0.5) is 0 Å². The molecular weight excluding hydrogens is 240 g/mol. The van der Waals surface area contributed by atoms with Crippen molar-refractivity contribution in [2.75, 3.05) is 33.4 Å². The molecule has 4 nitrogen and oxygen atoms in total. The number of furan rings is 1. The summed E-state index contributed by atoms with van der Waals surface area (Å²) in [5, 5.41) is 3.59. The number of nitrogens with zero attached hydrogens (tertiary/aromatic N) is 1. The highest BCUT2D eigenvalue weighted by Crippen LogP contribution is 2.17. The topological polar surface area (TPSA) is 37.6 Å². The van der Waals surface area contributed by atoms with Gasteiger partial charge < -0.3 is 19.4 Å². The lowest BCUT2D eigenvalue weighted by molar-refractivity contribution is 0.172. The predicted molar refractivity (Wildman–Crippen MR) is 76.2 cm³/mol. The minimum absolute atomic E-state index is 0.507. The van der Waals surface area contributed by atoms with Gasteiger partial charge in [0.25, 0.3) is 0 Å². The fourth-order valence-electron chi connectivity index (χ4n) is 2.66. The normalized spacial score (nSPS) is 23.4. The molecular formula is C15H26N2O2. The molecule has 1 fully saturated rings. The minimum Gasteiger partial charge on any atom is -0.469 e. The van der Waals surface area contributed by atoms with Crippen LogP contribution in [0.15, 0.2) is 16.7 Å². The van der Waals surface area contributed by atoms with Gasteiger partial charge in [-0.25, -0.2) is 0 Å². The largest absolute Gasteiger partial charge is 0.469 e. The zero-order chi connectivity index (χ0) is 13.7. The van der Waals surface area contributed by atoms with E-state index >= 15 is 0 Å². The van der Waals surface area contributed by atoms with Crippen molar-refractivity contribution in [3.63, 3.8) is 0 Å². The summed E-state index contributed by atoms with van der Waals surface area (Å²) in [6.45, 7) is 9.03. The molecule has 0 radical (unpaired) electrons. The van der Waals surface area contributed by atoms with Crippen LogP contribution in [0.2, 0.25) is 0 Å². The Hall–Kier alpha value is -0.840. The van der Waals surface area contributed by atoms with Crippen molar-refractivity contribution in [1.29, 1.82) is 0 Å². The van der Waals surface area contributed by atoms with Gasteiger partial charge in [-0.1, -0.05) is 6.92 Å². The summed E-state index contributed by atoms with van der Waals surface area (Å²) in [6.07, 6.45) is 2.94. The standard InChI is InChI=1S/C15H26N2O2/c1-4-6-16-15-11-18-10-14(15)9-17(3)8-13-5-7-19-12(13)2/h5,7,14-16H,4,6,8-11H2,1-3H3. The van der Waals surface area contributed by atoms with E-state index in [1.807, 2.05) is 6.92 Å². The second kappa shape index (κ2) is 7.08. The Labute approximate surface area is 116 Å². The van der Waals surface area contributed by atoms with Crippen molar-refractivity contribution in [2.45, 2.75) is 32.9 Å². The van der Waals surface area contributed by atoms with Crippen molar-refractivity contribution < 1.29 is 9.15 Å². The van der Waals surface area contributed by atoms with Gasteiger partial charge in [0.2, 0.25) is 0 Å². The van der Waals surface area contributed by atoms with Crippen LogP contribution in [0.1, 0.15) is 24.7 Å². The van der Waals surface area contributed by atoms with Crippen LogP contribution in [-0.2, 0) is 11.3 Å². The number of aryl methyl sites for hydroxylation is 1. The zero-order valence-electron chi connectivity index (χ0n) is 12.3. The van der Waals surface area contributed by atoms with E-state index in [1.165, 1.54) is 12.0 Å². The molecule has 19 heavy (non-hydrogen) atoms. The summed E-state index contributed by atoms with van der Waals surface area (Å²) < 4.78 is 11.0. The molecule has 0 bridgehead atoms. The van der Waals surface area contributed by atoms with E-state index in [0.29, 0.717) is 12.0 Å². The maximum atomic E-state index is 5.62. The molecule has 2 rings (SSSR count). The lowest BCUT2D eigenvalue weighted by Gasteiger charge is -2.24. The molecule has 108 valence electrons. The number of ether oxygens (including phenoxy) is 1. The number of rotatable bonds is 7. The molecule has 0 amide bonds. The summed E-state index contributed by atoms with van der Waals surface area (Å²) in [5.74, 6) is 1.61. The molecule has 0 aromatic carbocycles. The van der Waals surface area contributed by atoms with E-state index in [-0.39, 0.29) is 0 Å². The first-order valence-corrected chi connectivity index (χ1v) is 7.23. The van der Waals surface area contributed by atoms with E-state index in [4.69, 9.17) is 9.15 Å². The first-order valence-electron chi connectivity index (χ1n) is 7.23. The van der Waals surface area contributed by atoms with Crippen molar-refractivity contribution in [2.24, 2.45) is 5.92 Å². The molecule has 0 saturated carbocycles. The van der Waals surface area contributed by atoms with Crippen molar-refractivity contribution in [3.05, 3.63) is 23.7 Å². The molecule has 2 unspecified atom stereocenters. The Kier molecular flexibility index (Phi) is 5.43. The van der Waals surface area contributed by atoms with E-state index < -0.39 is 0 Å². The highest BCUT2D eigenvalue weighted by molar-refractivity contribution is 5.15. The van der Waals surface area contributed by atoms with Crippen LogP contribution in [0.5, 0.6) is 0 Å². The fraction of sp³-hybridized carbons (Fsp3) is 0.733. The van der Waals surface area contributed by atoms with Gasteiger partial charge in [0.05, 0.1) is 19.5 Å². The van der Waals surface area contributed by atoms with Crippen LogP contribution in [0, 0.1) is 12.8 Å². The molecule has 2 atom stereocenters. The quantitative estimate of drug-likeness (QED) is 0.819. The molecule has 1 aliphatic rings. The van der Waals surface area contributed by atoms with Gasteiger partial charge in [-0.2, -0.15) is 0 Å². The molecule has 2 heterocycles. The molecule has 1 saturated heterocycles. The molecule has 1 aromatic rings. The van der Waals surface area contributed by atoms with Gasteiger partial charge in [0, 0.05) is 30.6 Å². The zero-order valence-corrected chi connectivity index (χ0v) is 12.3. The number of hydrogen-bond donors (Lipinski definition) is 1. The Balaban J connectivity index is 1.81. The van der Waals surface area contributed by atoms with Crippen LogP contribution >= 0.6 is 0 Å². The lowest BCUT2D eigenvalue weighted by atomic mass is 10.0. The lowest BCUT2D eigenvalue weighted by Crippen LogP contribution is -2.41. The van der Waals surface area contributed by atoms with Gasteiger partial charge in [-0.05, 0) is 33.0 Å². The van der Waals surface area contributed by atoms with E-state index in [2.05, 4.69) is 30.3 Å². The van der Waals surface area contributed by atoms with E-state index in [0.717, 1.165) is 38.6 Å². The molecule has 0 spiro atoms. The number of nitrogens with one attached hydrogen (secondary N) is 1. The summed E-state index contributed by atoms with van der Waals surface area (Å²) >= 11 is 0. The van der Waals surface area contributed by atoms with Crippen molar-refractivity contribution in [1.82, 2.24) is 10.2 Å². The summed E-state index contributed by atoms with van der Waals surface area (Å²) in [4.78, 5) is 2.36. The van der Waals surface area contributed by atoms with Gasteiger partial charge in [-0.15, -0.1) is 0 Å². The predicted octanol–water partition coefficient (Wildman–Crippen LogP) is 2.03. The third-order valence-corrected chi connectivity index (χ3v) is 3.81. The molecule has 1 N–H and O–H groups in total. The summed E-state index contributed by atoms with van der Waals surface area (Å²) in [7, 11) is 2.17. The van der Waals surface area contributed by atoms with Crippen LogP contribution < -0.4 is 5.32 Å². The van der Waals surface area contributed by atoms with Crippen molar-refractivity contribution >= 4 is 0 Å². The fourth-order valence-corrected chi connectivity index (χ4v) is 2.66. The van der Waals surface area contributed by atoms with Gasteiger partial charge in [0.1, 0.15) is 5.76 Å². The Morgan fingerprint density at radius 1 is 1.42 bits per heavy atom. The second-order valence-electron chi connectivity index (χ2n) is 5.56. The number of hydrogen-bond acceptors (Lipinski definition) is 4. The molecule has 1 aliphatic heterocycles. The Bertz CT molecular complexity index is 378. The third kappa shape index (κ3) is 4.06. The smallest absolute Gasteiger partial charge is 0.105 e. The van der Waals surface area contributed by atoms with Crippen LogP contribution in [0.25, 0.3) is 0 Å². The maximum Gasteiger partial charge on any atom is 0.105 e. The van der Waals surface area contributed by atoms with E-state index in [1.54, 1.807) is 6.26 Å². The average molecular weight is 266 g/mol. The van der Waals surface area contributed by atoms with Gasteiger partial charge in [-0.3, -0.25) is 0 Å². The average Bonchev–Trinajstić information content (AvgIpc) is 2.97.